The van der Waals surface area contributed by atoms with Gasteiger partial charge in [0.15, 0.2) is 0 Å². The van der Waals surface area contributed by atoms with Gasteiger partial charge in [0.2, 0.25) is 5.91 Å². The van der Waals surface area contributed by atoms with Crippen LogP contribution in [-0.2, 0) is 4.79 Å². The number of hydrogen-bond donors (Lipinski definition) is 1. The van der Waals surface area contributed by atoms with Crippen LogP contribution in [-0.4, -0.2) is 37.5 Å². The first-order chi connectivity index (χ1) is 8.80. The largest absolute Gasteiger partial charge is 0.349 e. The van der Waals surface area contributed by atoms with Crippen LogP contribution in [0.5, 0.6) is 0 Å². The summed E-state index contributed by atoms with van der Waals surface area (Å²) in [5.74, 6) is 1.07. The van der Waals surface area contributed by atoms with Crippen molar-refractivity contribution >= 4 is 5.91 Å². The molecular formula is C16H32N2O. The molecule has 0 heterocycles. The summed E-state index contributed by atoms with van der Waals surface area (Å²) in [5.41, 5.74) is 0.440. The second-order valence-corrected chi connectivity index (χ2v) is 7.26. The molecule has 0 bridgehead atoms. The highest BCUT2D eigenvalue weighted by molar-refractivity contribution is 5.75. The summed E-state index contributed by atoms with van der Waals surface area (Å²) in [4.78, 5) is 13.2. The molecule has 1 amide bonds. The van der Waals surface area contributed by atoms with E-state index in [-0.39, 0.29) is 5.91 Å². The van der Waals surface area contributed by atoms with E-state index in [1.165, 1.54) is 32.1 Å². The first-order valence-corrected chi connectivity index (χ1v) is 7.74. The molecule has 1 fully saturated rings. The molecule has 0 aromatic rings. The molecule has 1 aliphatic carbocycles. The Hall–Kier alpha value is -0.570. The van der Waals surface area contributed by atoms with E-state index in [1.807, 2.05) is 14.1 Å². The van der Waals surface area contributed by atoms with E-state index in [9.17, 15) is 4.79 Å². The normalized spacial score (nSPS) is 24.9. The molecule has 2 unspecified atom stereocenters. The number of carbonyl (C=O) groups excluding carboxylic acids is 1. The van der Waals surface area contributed by atoms with Gasteiger partial charge < -0.3 is 10.2 Å². The zero-order valence-electron chi connectivity index (χ0n) is 13.5. The fourth-order valence-corrected chi connectivity index (χ4v) is 2.98. The van der Waals surface area contributed by atoms with E-state index in [1.54, 1.807) is 4.90 Å². The van der Waals surface area contributed by atoms with Crippen molar-refractivity contribution in [1.29, 1.82) is 0 Å². The van der Waals surface area contributed by atoms with Crippen LogP contribution in [0.2, 0.25) is 0 Å². The Bertz CT molecular complexity index is 281. The molecule has 0 saturated heterocycles. The average Bonchev–Trinajstić information content (AvgIpc) is 2.53. The maximum absolute atomic E-state index is 11.5. The zero-order chi connectivity index (χ0) is 14.5. The van der Waals surface area contributed by atoms with Gasteiger partial charge in [-0.1, -0.05) is 27.2 Å². The third kappa shape index (κ3) is 5.94. The Balaban J connectivity index is 2.28. The van der Waals surface area contributed by atoms with Gasteiger partial charge in [0.25, 0.3) is 0 Å². The molecule has 1 N–H and O–H groups in total. The Labute approximate surface area is 119 Å². The number of hydrogen-bond acceptors (Lipinski definition) is 2. The van der Waals surface area contributed by atoms with E-state index in [4.69, 9.17) is 0 Å². The molecule has 0 aliphatic heterocycles. The van der Waals surface area contributed by atoms with Crippen molar-refractivity contribution in [3.05, 3.63) is 0 Å². The van der Waals surface area contributed by atoms with Crippen LogP contribution in [0.4, 0.5) is 0 Å². The van der Waals surface area contributed by atoms with Gasteiger partial charge in [0.05, 0.1) is 0 Å². The van der Waals surface area contributed by atoms with Crippen molar-refractivity contribution in [3.8, 4) is 0 Å². The molecule has 0 spiro atoms. The molecule has 3 nitrogen and oxygen atoms in total. The topological polar surface area (TPSA) is 32.3 Å². The van der Waals surface area contributed by atoms with E-state index >= 15 is 0 Å². The van der Waals surface area contributed by atoms with Crippen molar-refractivity contribution in [2.45, 2.75) is 65.3 Å². The van der Waals surface area contributed by atoms with Gasteiger partial charge in [-0.15, -0.1) is 0 Å². The second kappa shape index (κ2) is 7.28. The van der Waals surface area contributed by atoms with Crippen molar-refractivity contribution in [3.63, 3.8) is 0 Å². The molecule has 0 aromatic heterocycles. The van der Waals surface area contributed by atoms with Crippen molar-refractivity contribution in [2.24, 2.45) is 11.3 Å². The predicted molar refractivity (Wildman–Crippen MR) is 81.1 cm³/mol. The summed E-state index contributed by atoms with van der Waals surface area (Å²) in [6.45, 7) is 7.91. The second-order valence-electron chi connectivity index (χ2n) is 7.26. The van der Waals surface area contributed by atoms with Crippen LogP contribution in [0.3, 0.4) is 0 Å². The summed E-state index contributed by atoms with van der Waals surface area (Å²) < 4.78 is 0. The lowest BCUT2D eigenvalue weighted by molar-refractivity contribution is -0.128. The minimum absolute atomic E-state index is 0.216. The Morgan fingerprint density at radius 3 is 2.42 bits per heavy atom. The summed E-state index contributed by atoms with van der Waals surface area (Å²) in [7, 11) is 3.64. The highest BCUT2D eigenvalue weighted by Crippen LogP contribution is 2.36. The molecule has 0 radical (unpaired) electrons. The van der Waals surface area contributed by atoms with E-state index < -0.39 is 0 Å². The number of nitrogens with zero attached hydrogens (tertiary/aromatic N) is 1. The predicted octanol–water partition coefficient (Wildman–Crippen LogP) is 3.05. The third-order valence-electron chi connectivity index (χ3n) is 4.46. The van der Waals surface area contributed by atoms with Gasteiger partial charge in [-0.05, 0) is 37.0 Å². The maximum atomic E-state index is 11.5. The van der Waals surface area contributed by atoms with Gasteiger partial charge in [-0.25, -0.2) is 0 Å². The Kier molecular flexibility index (Phi) is 6.31. The van der Waals surface area contributed by atoms with Crippen LogP contribution in [0.25, 0.3) is 0 Å². The van der Waals surface area contributed by atoms with Crippen LogP contribution in [0.1, 0.15) is 59.3 Å². The summed E-state index contributed by atoms with van der Waals surface area (Å²) in [5, 5.41) is 3.57. The number of amides is 1. The fraction of sp³-hybridized carbons (Fsp3) is 0.938. The van der Waals surface area contributed by atoms with Gasteiger partial charge >= 0.3 is 0 Å². The van der Waals surface area contributed by atoms with Crippen LogP contribution in [0.15, 0.2) is 0 Å². The Morgan fingerprint density at radius 2 is 1.84 bits per heavy atom. The van der Waals surface area contributed by atoms with E-state index in [2.05, 4.69) is 26.1 Å². The van der Waals surface area contributed by atoms with Gasteiger partial charge in [-0.2, -0.15) is 0 Å². The minimum Gasteiger partial charge on any atom is -0.349 e. The maximum Gasteiger partial charge on any atom is 0.223 e. The average molecular weight is 268 g/mol. The molecule has 1 saturated carbocycles. The van der Waals surface area contributed by atoms with Crippen molar-refractivity contribution in [2.75, 3.05) is 20.6 Å². The standard InChI is InChI=1S/C16H32N2O/c1-16(2,3)13-7-6-8-14(10-9-13)17-12-11-15(19)18(4)5/h13-14,17H,6-12H2,1-5H3. The number of carbonyl (C=O) groups is 1. The highest BCUT2D eigenvalue weighted by Gasteiger charge is 2.27. The fourth-order valence-electron chi connectivity index (χ4n) is 2.98. The molecule has 19 heavy (non-hydrogen) atoms. The SMILES string of the molecule is CN(C)C(=O)CCNC1CCCC(C(C)(C)C)CC1. The third-order valence-corrected chi connectivity index (χ3v) is 4.46. The lowest BCUT2D eigenvalue weighted by Crippen LogP contribution is -2.33. The molecule has 1 aliphatic rings. The van der Waals surface area contributed by atoms with Crippen molar-refractivity contribution in [1.82, 2.24) is 10.2 Å². The molecule has 3 heteroatoms. The lowest BCUT2D eigenvalue weighted by Gasteiger charge is -2.29. The van der Waals surface area contributed by atoms with E-state index in [0.717, 1.165) is 12.5 Å². The van der Waals surface area contributed by atoms with Crippen molar-refractivity contribution < 1.29 is 4.79 Å². The van der Waals surface area contributed by atoms with Gasteiger partial charge in [-0.3, -0.25) is 4.79 Å². The Morgan fingerprint density at radius 1 is 1.16 bits per heavy atom. The molecule has 112 valence electrons. The van der Waals surface area contributed by atoms with Crippen LogP contribution >= 0.6 is 0 Å². The quantitative estimate of drug-likeness (QED) is 0.795. The summed E-state index contributed by atoms with van der Waals surface area (Å²) in [6.07, 6.45) is 7.15. The monoisotopic (exact) mass is 268 g/mol. The molecular weight excluding hydrogens is 236 g/mol. The molecule has 0 aromatic carbocycles. The first kappa shape index (κ1) is 16.5. The number of rotatable bonds is 4. The lowest BCUT2D eigenvalue weighted by atomic mass is 9.76. The summed E-state index contributed by atoms with van der Waals surface area (Å²) >= 11 is 0. The molecule has 2 atom stereocenters. The smallest absolute Gasteiger partial charge is 0.223 e. The highest BCUT2D eigenvalue weighted by atomic mass is 16.2. The van der Waals surface area contributed by atoms with Crippen LogP contribution < -0.4 is 5.32 Å². The minimum atomic E-state index is 0.216. The zero-order valence-corrected chi connectivity index (χ0v) is 13.5. The first-order valence-electron chi connectivity index (χ1n) is 7.74. The molecule has 1 rings (SSSR count). The van der Waals surface area contributed by atoms with Gasteiger partial charge in [0, 0.05) is 33.1 Å². The summed E-state index contributed by atoms with van der Waals surface area (Å²) in [6, 6.07) is 0.613. The van der Waals surface area contributed by atoms with E-state index in [0.29, 0.717) is 17.9 Å². The number of nitrogens with one attached hydrogen (secondary N) is 1. The van der Waals surface area contributed by atoms with Gasteiger partial charge in [0.1, 0.15) is 0 Å². The van der Waals surface area contributed by atoms with Crippen LogP contribution in [0, 0.1) is 11.3 Å².